The molecule has 0 aliphatic heterocycles. The molecule has 2 aromatic rings. The number of rotatable bonds is 6. The highest BCUT2D eigenvalue weighted by atomic mass is 16.5. The summed E-state index contributed by atoms with van der Waals surface area (Å²) in [7, 11) is 0. The molecule has 0 unspecified atom stereocenters. The Morgan fingerprint density at radius 3 is 1.96 bits per heavy atom. The first-order chi connectivity index (χ1) is 11.2. The summed E-state index contributed by atoms with van der Waals surface area (Å²) in [6, 6.07) is 16.7. The minimum Gasteiger partial charge on any atom is -0.489 e. The van der Waals surface area contributed by atoms with Crippen LogP contribution in [0.15, 0.2) is 48.5 Å². The molecule has 0 radical (unpaired) electrons. The van der Waals surface area contributed by atoms with Crippen molar-refractivity contribution >= 4 is 0 Å². The topological polar surface area (TPSA) is 35.2 Å². The zero-order valence-electron chi connectivity index (χ0n) is 15.7. The highest BCUT2D eigenvalue weighted by molar-refractivity contribution is 5.33. The van der Waals surface area contributed by atoms with E-state index < -0.39 is 0 Å². The molecule has 2 nitrogen and oxygen atoms in total. The van der Waals surface area contributed by atoms with E-state index in [9.17, 15) is 0 Å². The van der Waals surface area contributed by atoms with Gasteiger partial charge in [0.15, 0.2) is 0 Å². The molecule has 0 saturated heterocycles. The standard InChI is InChI=1S/C22H31NO/c1-21(2,3)16-22(4,5)19-10-12-20(13-11-19)24-15-18-9-7-6-8-17(18)14-23/h6-13H,14-16,23H2,1-5H3. The maximum Gasteiger partial charge on any atom is 0.119 e. The van der Waals surface area contributed by atoms with Crippen LogP contribution in [-0.4, -0.2) is 0 Å². The Hall–Kier alpha value is -1.80. The average molecular weight is 325 g/mol. The van der Waals surface area contributed by atoms with Crippen molar-refractivity contribution in [3.05, 3.63) is 65.2 Å². The lowest BCUT2D eigenvalue weighted by Gasteiger charge is -2.33. The second-order valence-corrected chi connectivity index (χ2v) is 8.41. The number of benzene rings is 2. The molecular weight excluding hydrogens is 294 g/mol. The molecule has 0 heterocycles. The fourth-order valence-corrected chi connectivity index (χ4v) is 3.49. The molecule has 0 atom stereocenters. The quantitative estimate of drug-likeness (QED) is 0.767. The summed E-state index contributed by atoms with van der Waals surface area (Å²) in [5.74, 6) is 0.900. The number of hydrogen-bond acceptors (Lipinski definition) is 2. The van der Waals surface area contributed by atoms with Gasteiger partial charge in [0.05, 0.1) is 0 Å². The fraction of sp³-hybridized carbons (Fsp3) is 0.455. The molecule has 0 aliphatic carbocycles. The maximum absolute atomic E-state index is 5.95. The third-order valence-corrected chi connectivity index (χ3v) is 4.34. The van der Waals surface area contributed by atoms with Gasteiger partial charge in [-0.05, 0) is 46.1 Å². The molecule has 130 valence electrons. The monoisotopic (exact) mass is 325 g/mol. The van der Waals surface area contributed by atoms with E-state index in [1.807, 2.05) is 12.1 Å². The van der Waals surface area contributed by atoms with Crippen molar-refractivity contribution < 1.29 is 4.74 Å². The van der Waals surface area contributed by atoms with Crippen molar-refractivity contribution in [2.45, 2.75) is 59.6 Å². The van der Waals surface area contributed by atoms with Crippen molar-refractivity contribution in [2.24, 2.45) is 11.1 Å². The normalized spacial score (nSPS) is 12.2. The SMILES string of the molecule is CC(C)(C)CC(C)(C)c1ccc(OCc2ccccc2CN)cc1. The van der Waals surface area contributed by atoms with Gasteiger partial charge in [-0.15, -0.1) is 0 Å². The van der Waals surface area contributed by atoms with Gasteiger partial charge in [0.1, 0.15) is 12.4 Å². The second kappa shape index (κ2) is 7.40. The van der Waals surface area contributed by atoms with Crippen LogP contribution >= 0.6 is 0 Å². The van der Waals surface area contributed by atoms with Gasteiger partial charge in [0, 0.05) is 6.54 Å². The lowest BCUT2D eigenvalue weighted by Crippen LogP contribution is -2.24. The Kier molecular flexibility index (Phi) is 5.71. The Bertz CT molecular complexity index is 650. The molecule has 2 aromatic carbocycles. The Labute approximate surface area is 147 Å². The summed E-state index contributed by atoms with van der Waals surface area (Å²) in [5.41, 5.74) is 9.89. The molecule has 24 heavy (non-hydrogen) atoms. The number of hydrogen-bond donors (Lipinski definition) is 1. The molecule has 2 rings (SSSR count). The minimum atomic E-state index is 0.156. The van der Waals surface area contributed by atoms with E-state index in [0.29, 0.717) is 18.6 Å². The van der Waals surface area contributed by atoms with Crippen LogP contribution < -0.4 is 10.5 Å². The third-order valence-electron chi connectivity index (χ3n) is 4.34. The molecule has 0 saturated carbocycles. The highest BCUT2D eigenvalue weighted by Gasteiger charge is 2.27. The summed E-state index contributed by atoms with van der Waals surface area (Å²) < 4.78 is 5.95. The van der Waals surface area contributed by atoms with Crippen LogP contribution in [0.2, 0.25) is 0 Å². The van der Waals surface area contributed by atoms with Crippen LogP contribution in [0.3, 0.4) is 0 Å². The van der Waals surface area contributed by atoms with E-state index >= 15 is 0 Å². The molecule has 2 heteroatoms. The predicted molar refractivity (Wildman–Crippen MR) is 102 cm³/mol. The van der Waals surface area contributed by atoms with Gasteiger partial charge in [-0.1, -0.05) is 71.0 Å². The Morgan fingerprint density at radius 1 is 0.833 bits per heavy atom. The molecular formula is C22H31NO. The highest BCUT2D eigenvalue weighted by Crippen LogP contribution is 2.36. The van der Waals surface area contributed by atoms with Crippen molar-refractivity contribution in [1.29, 1.82) is 0 Å². The van der Waals surface area contributed by atoms with Crippen LogP contribution in [0.1, 0.15) is 57.7 Å². The molecule has 0 amide bonds. The predicted octanol–water partition coefficient (Wildman–Crippen LogP) is 5.44. The van der Waals surface area contributed by atoms with Gasteiger partial charge < -0.3 is 10.5 Å². The molecule has 0 bridgehead atoms. The third kappa shape index (κ3) is 5.10. The number of ether oxygens (including phenoxy) is 1. The van der Waals surface area contributed by atoms with Crippen molar-refractivity contribution in [3.63, 3.8) is 0 Å². The van der Waals surface area contributed by atoms with Crippen molar-refractivity contribution in [1.82, 2.24) is 0 Å². The first kappa shape index (κ1) is 18.5. The van der Waals surface area contributed by atoms with E-state index in [-0.39, 0.29) is 5.41 Å². The van der Waals surface area contributed by atoms with Crippen LogP contribution in [0.4, 0.5) is 0 Å². The first-order valence-corrected chi connectivity index (χ1v) is 8.71. The number of nitrogens with two attached hydrogens (primary N) is 1. The van der Waals surface area contributed by atoms with Gasteiger partial charge in [0.25, 0.3) is 0 Å². The van der Waals surface area contributed by atoms with E-state index in [2.05, 4.69) is 71.0 Å². The lowest BCUT2D eigenvalue weighted by molar-refractivity contribution is 0.283. The Morgan fingerprint density at radius 2 is 1.42 bits per heavy atom. The van der Waals surface area contributed by atoms with Crippen LogP contribution in [0.5, 0.6) is 5.75 Å². The van der Waals surface area contributed by atoms with Crippen molar-refractivity contribution in [2.75, 3.05) is 0 Å². The largest absolute Gasteiger partial charge is 0.489 e. The van der Waals surface area contributed by atoms with Crippen molar-refractivity contribution in [3.8, 4) is 5.75 Å². The van der Waals surface area contributed by atoms with Gasteiger partial charge in [-0.25, -0.2) is 0 Å². The van der Waals surface area contributed by atoms with Crippen LogP contribution in [0.25, 0.3) is 0 Å². The second-order valence-electron chi connectivity index (χ2n) is 8.41. The summed E-state index contributed by atoms with van der Waals surface area (Å²) >= 11 is 0. The molecule has 0 spiro atoms. The van der Waals surface area contributed by atoms with Gasteiger partial charge in [0.2, 0.25) is 0 Å². The van der Waals surface area contributed by atoms with Crippen LogP contribution in [-0.2, 0) is 18.6 Å². The summed E-state index contributed by atoms with van der Waals surface area (Å²) in [4.78, 5) is 0. The average Bonchev–Trinajstić information content (AvgIpc) is 2.51. The van der Waals surface area contributed by atoms with Gasteiger partial charge >= 0.3 is 0 Å². The zero-order chi connectivity index (χ0) is 17.8. The molecule has 0 fully saturated rings. The summed E-state index contributed by atoms with van der Waals surface area (Å²) in [6.07, 6.45) is 1.14. The lowest BCUT2D eigenvalue weighted by atomic mass is 9.72. The van der Waals surface area contributed by atoms with Gasteiger partial charge in [-0.3, -0.25) is 0 Å². The van der Waals surface area contributed by atoms with E-state index in [4.69, 9.17) is 10.5 Å². The molecule has 2 N–H and O–H groups in total. The maximum atomic E-state index is 5.95. The van der Waals surface area contributed by atoms with E-state index in [0.717, 1.165) is 23.3 Å². The van der Waals surface area contributed by atoms with E-state index in [1.165, 1.54) is 5.56 Å². The fourth-order valence-electron chi connectivity index (χ4n) is 3.49. The van der Waals surface area contributed by atoms with Crippen LogP contribution in [0, 0.1) is 5.41 Å². The first-order valence-electron chi connectivity index (χ1n) is 8.71. The molecule has 0 aromatic heterocycles. The molecule has 0 aliphatic rings. The van der Waals surface area contributed by atoms with Gasteiger partial charge in [-0.2, -0.15) is 0 Å². The Balaban J connectivity index is 2.04. The minimum absolute atomic E-state index is 0.156. The smallest absolute Gasteiger partial charge is 0.119 e. The summed E-state index contributed by atoms with van der Waals surface area (Å²) in [6.45, 7) is 12.6. The van der Waals surface area contributed by atoms with E-state index in [1.54, 1.807) is 0 Å². The zero-order valence-corrected chi connectivity index (χ0v) is 15.7. The summed E-state index contributed by atoms with van der Waals surface area (Å²) in [5, 5.41) is 0.